The van der Waals surface area contributed by atoms with E-state index in [1.54, 1.807) is 0 Å². The summed E-state index contributed by atoms with van der Waals surface area (Å²) in [4.78, 5) is 30.0. The fourth-order valence-corrected chi connectivity index (χ4v) is 5.07. The SMILES string of the molecule is CCCN(C(=O)CC1(CN)CCCCC1)C1CCN(C(=O)c2ccccc2)CC1.Cl. The maximum atomic E-state index is 13.3. The van der Waals surface area contributed by atoms with E-state index in [0.717, 1.165) is 44.2 Å². The Balaban J connectivity index is 0.00000320. The molecular weight excluding hydrogens is 398 g/mol. The minimum atomic E-state index is 0. The van der Waals surface area contributed by atoms with Crippen molar-refractivity contribution in [3.63, 3.8) is 0 Å². The summed E-state index contributed by atoms with van der Waals surface area (Å²) in [6.07, 6.45) is 9.09. The van der Waals surface area contributed by atoms with Crippen molar-refractivity contribution in [3.05, 3.63) is 35.9 Å². The van der Waals surface area contributed by atoms with Crippen LogP contribution in [0.3, 0.4) is 0 Å². The highest BCUT2D eigenvalue weighted by molar-refractivity contribution is 5.94. The number of likely N-dealkylation sites (tertiary alicyclic amines) is 1. The van der Waals surface area contributed by atoms with Gasteiger partial charge < -0.3 is 15.5 Å². The second-order valence-electron chi connectivity index (χ2n) is 8.92. The molecule has 0 atom stereocenters. The second-order valence-corrected chi connectivity index (χ2v) is 8.92. The number of carbonyl (C=O) groups excluding carboxylic acids is 2. The van der Waals surface area contributed by atoms with Gasteiger partial charge in [-0.3, -0.25) is 9.59 Å². The molecule has 30 heavy (non-hydrogen) atoms. The first kappa shape index (κ1) is 24.7. The predicted octanol–water partition coefficient (Wildman–Crippen LogP) is 4.25. The Morgan fingerprint density at radius 3 is 2.30 bits per heavy atom. The normalized spacial score (nSPS) is 19.1. The largest absolute Gasteiger partial charge is 0.340 e. The lowest BCUT2D eigenvalue weighted by Crippen LogP contribution is -2.50. The summed E-state index contributed by atoms with van der Waals surface area (Å²) < 4.78 is 0. The van der Waals surface area contributed by atoms with Crippen molar-refractivity contribution in [1.82, 2.24) is 9.80 Å². The van der Waals surface area contributed by atoms with Gasteiger partial charge in [-0.15, -0.1) is 12.4 Å². The number of hydrogen-bond acceptors (Lipinski definition) is 3. The molecule has 1 saturated carbocycles. The van der Waals surface area contributed by atoms with Gasteiger partial charge in [0.15, 0.2) is 0 Å². The van der Waals surface area contributed by atoms with Gasteiger partial charge in [-0.25, -0.2) is 0 Å². The molecule has 1 aromatic carbocycles. The average molecular weight is 436 g/mol. The predicted molar refractivity (Wildman–Crippen MR) is 124 cm³/mol. The Kier molecular flexibility index (Phi) is 9.63. The molecule has 3 rings (SSSR count). The van der Waals surface area contributed by atoms with Crippen LogP contribution in [0.1, 0.15) is 75.1 Å². The lowest BCUT2D eigenvalue weighted by atomic mass is 9.71. The molecule has 1 heterocycles. The summed E-state index contributed by atoms with van der Waals surface area (Å²) in [6, 6.07) is 9.72. The molecule has 0 aromatic heterocycles. The van der Waals surface area contributed by atoms with Gasteiger partial charge in [-0.2, -0.15) is 0 Å². The van der Waals surface area contributed by atoms with E-state index in [4.69, 9.17) is 5.73 Å². The number of nitrogens with two attached hydrogens (primary N) is 1. The molecule has 0 bridgehead atoms. The highest BCUT2D eigenvalue weighted by Gasteiger charge is 2.36. The minimum Gasteiger partial charge on any atom is -0.340 e. The third-order valence-corrected chi connectivity index (χ3v) is 6.87. The standard InChI is InChI=1S/C24H37N3O2.ClH/c1-2-15-27(22(28)18-24(19-25)13-7-4-8-14-24)21-11-16-26(17-12-21)23(29)20-9-5-3-6-10-20;/h3,5-6,9-10,21H,2,4,7-8,11-19,25H2,1H3;1H. The van der Waals surface area contributed by atoms with E-state index in [-0.39, 0.29) is 35.7 Å². The van der Waals surface area contributed by atoms with Crippen LogP contribution in [0.25, 0.3) is 0 Å². The molecule has 5 nitrogen and oxygen atoms in total. The van der Waals surface area contributed by atoms with E-state index in [2.05, 4.69) is 11.8 Å². The zero-order chi connectivity index (χ0) is 20.7. The Morgan fingerprint density at radius 1 is 1.10 bits per heavy atom. The van der Waals surface area contributed by atoms with Gasteiger partial charge in [0.1, 0.15) is 0 Å². The zero-order valence-corrected chi connectivity index (χ0v) is 19.2. The number of piperidine rings is 1. The summed E-state index contributed by atoms with van der Waals surface area (Å²) in [5.74, 6) is 0.369. The van der Waals surface area contributed by atoms with Gasteiger partial charge in [-0.05, 0) is 56.2 Å². The van der Waals surface area contributed by atoms with Crippen LogP contribution in [0, 0.1) is 5.41 Å². The summed E-state index contributed by atoms with van der Waals surface area (Å²) in [5, 5.41) is 0. The van der Waals surface area contributed by atoms with E-state index in [1.807, 2.05) is 35.2 Å². The molecule has 1 aliphatic carbocycles. The summed E-state index contributed by atoms with van der Waals surface area (Å²) >= 11 is 0. The highest BCUT2D eigenvalue weighted by atomic mass is 35.5. The first-order valence-electron chi connectivity index (χ1n) is 11.4. The first-order valence-corrected chi connectivity index (χ1v) is 11.4. The molecule has 2 N–H and O–H groups in total. The van der Waals surface area contributed by atoms with E-state index in [0.29, 0.717) is 26.1 Å². The smallest absolute Gasteiger partial charge is 0.253 e. The monoisotopic (exact) mass is 435 g/mol. The van der Waals surface area contributed by atoms with E-state index < -0.39 is 0 Å². The second kappa shape index (κ2) is 11.7. The zero-order valence-electron chi connectivity index (χ0n) is 18.4. The van der Waals surface area contributed by atoms with Crippen molar-refractivity contribution in [3.8, 4) is 0 Å². The van der Waals surface area contributed by atoms with Crippen molar-refractivity contribution >= 4 is 24.2 Å². The van der Waals surface area contributed by atoms with Crippen LogP contribution in [-0.2, 0) is 4.79 Å². The van der Waals surface area contributed by atoms with Gasteiger partial charge in [0.25, 0.3) is 5.91 Å². The van der Waals surface area contributed by atoms with Gasteiger partial charge in [0.05, 0.1) is 0 Å². The Morgan fingerprint density at radius 2 is 1.73 bits per heavy atom. The molecule has 0 radical (unpaired) electrons. The molecule has 0 spiro atoms. The number of amides is 2. The lowest BCUT2D eigenvalue weighted by Gasteiger charge is -2.41. The Labute approximate surface area is 187 Å². The van der Waals surface area contributed by atoms with Crippen molar-refractivity contribution in [2.75, 3.05) is 26.2 Å². The fraction of sp³-hybridized carbons (Fsp3) is 0.667. The quantitative estimate of drug-likeness (QED) is 0.696. The van der Waals surface area contributed by atoms with Crippen molar-refractivity contribution in [1.29, 1.82) is 0 Å². The number of halogens is 1. The number of carbonyl (C=O) groups is 2. The minimum absolute atomic E-state index is 0. The van der Waals surface area contributed by atoms with Crippen LogP contribution in [-0.4, -0.2) is 53.8 Å². The maximum Gasteiger partial charge on any atom is 0.253 e. The summed E-state index contributed by atoms with van der Waals surface area (Å²) in [5.41, 5.74) is 6.88. The summed E-state index contributed by atoms with van der Waals surface area (Å²) in [6.45, 7) is 4.98. The number of nitrogens with zero attached hydrogens (tertiary/aromatic N) is 2. The van der Waals surface area contributed by atoms with Gasteiger partial charge in [-0.1, -0.05) is 44.4 Å². The van der Waals surface area contributed by atoms with Crippen molar-refractivity contribution in [2.24, 2.45) is 11.1 Å². The average Bonchev–Trinajstić information content (AvgIpc) is 2.78. The molecule has 168 valence electrons. The van der Waals surface area contributed by atoms with Crippen LogP contribution in [0.15, 0.2) is 30.3 Å². The van der Waals surface area contributed by atoms with Gasteiger partial charge in [0, 0.05) is 37.7 Å². The van der Waals surface area contributed by atoms with Crippen LogP contribution in [0.4, 0.5) is 0 Å². The molecule has 2 aliphatic rings. The number of hydrogen-bond donors (Lipinski definition) is 1. The molecular formula is C24H38ClN3O2. The molecule has 6 heteroatoms. The summed E-state index contributed by atoms with van der Waals surface area (Å²) in [7, 11) is 0. The molecule has 0 unspecified atom stereocenters. The Bertz CT molecular complexity index is 668. The van der Waals surface area contributed by atoms with E-state index in [9.17, 15) is 9.59 Å². The molecule has 2 fully saturated rings. The molecule has 1 aliphatic heterocycles. The third kappa shape index (κ3) is 5.98. The topological polar surface area (TPSA) is 66.6 Å². The lowest BCUT2D eigenvalue weighted by molar-refractivity contribution is -0.137. The maximum absolute atomic E-state index is 13.3. The Hall–Kier alpha value is -1.59. The number of benzene rings is 1. The van der Waals surface area contributed by atoms with Crippen LogP contribution in [0.2, 0.25) is 0 Å². The number of rotatable bonds is 7. The van der Waals surface area contributed by atoms with Crippen LogP contribution in [0.5, 0.6) is 0 Å². The van der Waals surface area contributed by atoms with Crippen molar-refractivity contribution < 1.29 is 9.59 Å². The fourth-order valence-electron chi connectivity index (χ4n) is 5.07. The first-order chi connectivity index (χ1) is 14.1. The molecule has 2 amide bonds. The highest BCUT2D eigenvalue weighted by Crippen LogP contribution is 2.39. The van der Waals surface area contributed by atoms with Crippen molar-refractivity contribution in [2.45, 2.75) is 70.8 Å². The van der Waals surface area contributed by atoms with Gasteiger partial charge in [0.2, 0.25) is 5.91 Å². The van der Waals surface area contributed by atoms with Crippen LogP contribution >= 0.6 is 12.4 Å². The third-order valence-electron chi connectivity index (χ3n) is 6.87. The van der Waals surface area contributed by atoms with Gasteiger partial charge >= 0.3 is 0 Å². The molecule has 1 aromatic rings. The molecule has 1 saturated heterocycles. The van der Waals surface area contributed by atoms with E-state index in [1.165, 1.54) is 19.3 Å². The van der Waals surface area contributed by atoms with Crippen LogP contribution < -0.4 is 5.73 Å². The van der Waals surface area contributed by atoms with E-state index >= 15 is 0 Å².